The molecule has 6 nitrogen and oxygen atoms in total. The van der Waals surface area contributed by atoms with Crippen molar-refractivity contribution in [2.45, 2.75) is 20.0 Å². The minimum absolute atomic E-state index is 0.162. The van der Waals surface area contributed by atoms with E-state index in [0.717, 1.165) is 0 Å². The molecule has 0 spiro atoms. The zero-order valence-corrected chi connectivity index (χ0v) is 12.2. The van der Waals surface area contributed by atoms with E-state index in [1.807, 2.05) is 0 Å². The van der Waals surface area contributed by atoms with Gasteiger partial charge in [-0.15, -0.1) is 0 Å². The van der Waals surface area contributed by atoms with E-state index in [1.54, 1.807) is 19.1 Å². The van der Waals surface area contributed by atoms with E-state index in [-0.39, 0.29) is 10.7 Å². The first kappa shape index (κ1) is 15.1. The fraction of sp³-hybridized carbons (Fsp3) is 0.214. The summed E-state index contributed by atoms with van der Waals surface area (Å²) in [4.78, 5) is 27.7. The summed E-state index contributed by atoms with van der Waals surface area (Å²) in [6.07, 6.45) is 1.90. The van der Waals surface area contributed by atoms with Crippen LogP contribution in [0.5, 0.6) is 0 Å². The van der Waals surface area contributed by atoms with Gasteiger partial charge < -0.3 is 14.5 Å². The van der Waals surface area contributed by atoms with Crippen LogP contribution in [0.15, 0.2) is 35.1 Å². The number of aryl methyl sites for hydroxylation is 1. The summed E-state index contributed by atoms with van der Waals surface area (Å²) < 4.78 is 10.1. The zero-order valence-electron chi connectivity index (χ0n) is 11.4. The van der Waals surface area contributed by atoms with Crippen molar-refractivity contribution in [2.24, 2.45) is 0 Å². The lowest BCUT2D eigenvalue weighted by Crippen LogP contribution is -2.30. The number of esters is 1. The van der Waals surface area contributed by atoms with Crippen LogP contribution >= 0.6 is 11.6 Å². The van der Waals surface area contributed by atoms with Crippen molar-refractivity contribution in [3.63, 3.8) is 0 Å². The number of amides is 1. The Morgan fingerprint density at radius 1 is 1.43 bits per heavy atom. The Labute approximate surface area is 126 Å². The number of ether oxygens (including phenoxy) is 1. The van der Waals surface area contributed by atoms with Crippen molar-refractivity contribution in [3.05, 3.63) is 47.1 Å². The van der Waals surface area contributed by atoms with Gasteiger partial charge in [0.05, 0.1) is 12.0 Å². The molecule has 0 aromatic carbocycles. The molecule has 110 valence electrons. The Balaban J connectivity index is 1.99. The van der Waals surface area contributed by atoms with Gasteiger partial charge in [-0.25, -0.2) is 9.78 Å². The van der Waals surface area contributed by atoms with Crippen LogP contribution < -0.4 is 5.32 Å². The van der Waals surface area contributed by atoms with E-state index in [4.69, 9.17) is 20.8 Å². The predicted octanol–water partition coefficient (Wildman–Crippen LogP) is 2.82. The molecule has 0 bridgehead atoms. The molecule has 0 fully saturated rings. The predicted molar refractivity (Wildman–Crippen MR) is 76.2 cm³/mol. The summed E-state index contributed by atoms with van der Waals surface area (Å²) in [7, 11) is 0. The van der Waals surface area contributed by atoms with Crippen molar-refractivity contribution in [2.75, 3.05) is 5.32 Å². The molecule has 2 heterocycles. The van der Waals surface area contributed by atoms with Gasteiger partial charge in [0, 0.05) is 6.20 Å². The van der Waals surface area contributed by atoms with Crippen molar-refractivity contribution >= 4 is 29.2 Å². The molecule has 1 N–H and O–H groups in total. The minimum Gasteiger partial charge on any atom is -0.469 e. The SMILES string of the molecule is Cc1occc1C(=O)O[C@@H](C)C(=O)Nc1cccnc1Cl. The molecular formula is C14H13ClN2O4. The maximum Gasteiger partial charge on any atom is 0.342 e. The van der Waals surface area contributed by atoms with Crippen LogP contribution in [0.25, 0.3) is 0 Å². The van der Waals surface area contributed by atoms with Crippen LogP contribution in [-0.4, -0.2) is 23.0 Å². The third kappa shape index (κ3) is 3.61. The average molecular weight is 309 g/mol. The van der Waals surface area contributed by atoms with Crippen LogP contribution in [0, 0.1) is 6.92 Å². The lowest BCUT2D eigenvalue weighted by Gasteiger charge is -2.13. The molecule has 2 aromatic rings. The lowest BCUT2D eigenvalue weighted by molar-refractivity contribution is -0.123. The number of carbonyl (C=O) groups is 2. The summed E-state index contributed by atoms with van der Waals surface area (Å²) >= 11 is 5.83. The summed E-state index contributed by atoms with van der Waals surface area (Å²) in [5, 5.41) is 2.70. The van der Waals surface area contributed by atoms with Gasteiger partial charge in [0.2, 0.25) is 0 Å². The topological polar surface area (TPSA) is 81.4 Å². The van der Waals surface area contributed by atoms with E-state index in [0.29, 0.717) is 11.4 Å². The Kier molecular flexibility index (Phi) is 4.59. The fourth-order valence-corrected chi connectivity index (χ4v) is 1.75. The minimum atomic E-state index is -0.983. The van der Waals surface area contributed by atoms with Crippen LogP contribution in [0.1, 0.15) is 23.0 Å². The number of hydrogen-bond donors (Lipinski definition) is 1. The molecule has 2 aromatic heterocycles. The van der Waals surface area contributed by atoms with Crippen LogP contribution in [0.2, 0.25) is 5.15 Å². The Morgan fingerprint density at radius 3 is 2.81 bits per heavy atom. The van der Waals surface area contributed by atoms with Crippen LogP contribution in [0.4, 0.5) is 5.69 Å². The highest BCUT2D eigenvalue weighted by molar-refractivity contribution is 6.32. The molecule has 0 unspecified atom stereocenters. The molecule has 1 atom stereocenters. The van der Waals surface area contributed by atoms with Gasteiger partial charge in [-0.05, 0) is 32.0 Å². The van der Waals surface area contributed by atoms with Crippen molar-refractivity contribution in [1.29, 1.82) is 0 Å². The quantitative estimate of drug-likeness (QED) is 0.694. The third-order valence-corrected chi connectivity index (χ3v) is 3.05. The Morgan fingerprint density at radius 2 is 2.19 bits per heavy atom. The molecule has 0 aliphatic carbocycles. The molecule has 7 heteroatoms. The Bertz CT molecular complexity index is 668. The lowest BCUT2D eigenvalue weighted by atomic mass is 10.2. The first-order chi connectivity index (χ1) is 9.99. The number of rotatable bonds is 4. The first-order valence-corrected chi connectivity index (χ1v) is 6.53. The van der Waals surface area contributed by atoms with Crippen molar-refractivity contribution < 1.29 is 18.7 Å². The maximum atomic E-state index is 12.0. The second-order valence-electron chi connectivity index (χ2n) is 4.27. The fourth-order valence-electron chi connectivity index (χ4n) is 1.59. The molecule has 0 radical (unpaired) electrons. The van der Waals surface area contributed by atoms with E-state index >= 15 is 0 Å². The summed E-state index contributed by atoms with van der Waals surface area (Å²) in [5.41, 5.74) is 0.639. The van der Waals surface area contributed by atoms with Gasteiger partial charge in [0.25, 0.3) is 5.91 Å². The molecule has 1 amide bonds. The summed E-state index contributed by atoms with van der Waals surface area (Å²) in [6, 6.07) is 4.72. The second kappa shape index (κ2) is 6.41. The van der Waals surface area contributed by atoms with E-state index < -0.39 is 18.0 Å². The largest absolute Gasteiger partial charge is 0.469 e. The number of anilines is 1. The zero-order chi connectivity index (χ0) is 15.4. The Hall–Kier alpha value is -2.34. The van der Waals surface area contributed by atoms with Crippen LogP contribution in [0.3, 0.4) is 0 Å². The number of furan rings is 1. The highest BCUT2D eigenvalue weighted by Crippen LogP contribution is 2.18. The number of halogens is 1. The third-order valence-electron chi connectivity index (χ3n) is 2.75. The van der Waals surface area contributed by atoms with E-state index in [2.05, 4.69) is 10.3 Å². The number of hydrogen-bond acceptors (Lipinski definition) is 5. The first-order valence-electron chi connectivity index (χ1n) is 6.15. The molecule has 21 heavy (non-hydrogen) atoms. The monoisotopic (exact) mass is 308 g/mol. The smallest absolute Gasteiger partial charge is 0.342 e. The number of carbonyl (C=O) groups excluding carboxylic acids is 2. The standard InChI is InChI=1S/C14H13ClN2O4/c1-8-10(5-7-20-8)14(19)21-9(2)13(18)17-11-4-3-6-16-12(11)15/h3-7,9H,1-2H3,(H,17,18)/t9-/m0/s1. The average Bonchev–Trinajstić information content (AvgIpc) is 2.87. The van der Waals surface area contributed by atoms with Crippen molar-refractivity contribution in [3.8, 4) is 0 Å². The van der Waals surface area contributed by atoms with E-state index in [1.165, 1.54) is 25.5 Å². The summed E-state index contributed by atoms with van der Waals surface area (Å²) in [5.74, 6) is -0.691. The van der Waals surface area contributed by atoms with Crippen LogP contribution in [-0.2, 0) is 9.53 Å². The number of nitrogens with one attached hydrogen (secondary N) is 1. The highest BCUT2D eigenvalue weighted by Gasteiger charge is 2.21. The van der Waals surface area contributed by atoms with Crippen molar-refractivity contribution in [1.82, 2.24) is 4.98 Å². The highest BCUT2D eigenvalue weighted by atomic mass is 35.5. The van der Waals surface area contributed by atoms with Gasteiger partial charge in [0.1, 0.15) is 11.3 Å². The normalized spacial score (nSPS) is 11.8. The number of nitrogens with zero attached hydrogens (tertiary/aromatic N) is 1. The molecular weight excluding hydrogens is 296 g/mol. The molecule has 0 saturated carbocycles. The van der Waals surface area contributed by atoms with Gasteiger partial charge in [-0.3, -0.25) is 4.79 Å². The maximum absolute atomic E-state index is 12.0. The summed E-state index contributed by atoms with van der Waals surface area (Å²) in [6.45, 7) is 3.10. The number of aromatic nitrogens is 1. The molecule has 0 aliphatic rings. The van der Waals surface area contributed by atoms with Gasteiger partial charge in [-0.1, -0.05) is 11.6 Å². The molecule has 2 rings (SSSR count). The van der Waals surface area contributed by atoms with Gasteiger partial charge in [-0.2, -0.15) is 0 Å². The van der Waals surface area contributed by atoms with Gasteiger partial charge in [0.15, 0.2) is 11.3 Å². The van der Waals surface area contributed by atoms with E-state index in [9.17, 15) is 9.59 Å². The molecule has 0 aliphatic heterocycles. The second-order valence-corrected chi connectivity index (χ2v) is 4.63. The number of pyridine rings is 1. The molecule has 0 saturated heterocycles. The van der Waals surface area contributed by atoms with Gasteiger partial charge >= 0.3 is 5.97 Å².